The van der Waals surface area contributed by atoms with Gasteiger partial charge in [-0.25, -0.2) is 0 Å². The van der Waals surface area contributed by atoms with E-state index in [4.69, 9.17) is 9.26 Å². The Balaban J connectivity index is 1.37. The molecule has 6 heteroatoms. The number of nitrogens with zero attached hydrogens (tertiary/aromatic N) is 2. The van der Waals surface area contributed by atoms with E-state index >= 15 is 0 Å². The van der Waals surface area contributed by atoms with Crippen molar-refractivity contribution in [3.8, 4) is 5.75 Å². The Morgan fingerprint density at radius 2 is 1.96 bits per heavy atom. The van der Waals surface area contributed by atoms with Gasteiger partial charge in [0.2, 0.25) is 11.7 Å². The lowest BCUT2D eigenvalue weighted by molar-refractivity contribution is 0.102. The third kappa shape index (κ3) is 3.59. The fourth-order valence-corrected chi connectivity index (χ4v) is 3.10. The van der Waals surface area contributed by atoms with Gasteiger partial charge in [-0.1, -0.05) is 11.2 Å². The molecule has 0 unspecified atom stereocenters. The van der Waals surface area contributed by atoms with Crippen molar-refractivity contribution in [3.05, 3.63) is 70.9 Å². The summed E-state index contributed by atoms with van der Waals surface area (Å²) in [7, 11) is 0. The van der Waals surface area contributed by atoms with Crippen LogP contribution in [0, 0.1) is 6.92 Å². The van der Waals surface area contributed by atoms with E-state index in [2.05, 4.69) is 27.6 Å². The van der Waals surface area contributed by atoms with E-state index in [1.807, 2.05) is 6.07 Å². The van der Waals surface area contributed by atoms with Gasteiger partial charge in [0.1, 0.15) is 5.75 Å². The van der Waals surface area contributed by atoms with Crippen LogP contribution in [-0.2, 0) is 19.4 Å². The quantitative estimate of drug-likeness (QED) is 0.760. The number of carbonyl (C=O) groups is 1. The molecular formula is C20H19N3O3. The minimum absolute atomic E-state index is 0.136. The standard InChI is InChI=1S/C20H19N3O3/c1-13-21-19(23-26-13)12-25-18-9-6-15(7-10-18)20(24)22-17-8-5-14-3-2-4-16(14)11-17/h5-11H,2-4,12H2,1H3,(H,22,24). The molecule has 0 saturated carbocycles. The lowest BCUT2D eigenvalue weighted by Crippen LogP contribution is -2.12. The average Bonchev–Trinajstić information content (AvgIpc) is 3.28. The van der Waals surface area contributed by atoms with E-state index in [0.29, 0.717) is 23.0 Å². The molecule has 2 aromatic carbocycles. The van der Waals surface area contributed by atoms with Gasteiger partial charge in [0.15, 0.2) is 6.61 Å². The highest BCUT2D eigenvalue weighted by Crippen LogP contribution is 2.25. The molecule has 1 amide bonds. The number of amides is 1. The zero-order chi connectivity index (χ0) is 17.9. The highest BCUT2D eigenvalue weighted by molar-refractivity contribution is 6.04. The number of nitrogens with one attached hydrogen (secondary N) is 1. The molecule has 26 heavy (non-hydrogen) atoms. The number of benzene rings is 2. The Kier molecular flexibility index (Phi) is 4.39. The molecule has 0 fully saturated rings. The first-order chi connectivity index (χ1) is 12.7. The summed E-state index contributed by atoms with van der Waals surface area (Å²) < 4.78 is 10.5. The monoisotopic (exact) mass is 349 g/mol. The van der Waals surface area contributed by atoms with Crippen LogP contribution in [0.2, 0.25) is 0 Å². The van der Waals surface area contributed by atoms with Gasteiger partial charge < -0.3 is 14.6 Å². The first-order valence-corrected chi connectivity index (χ1v) is 8.62. The Hall–Kier alpha value is -3.15. The minimum Gasteiger partial charge on any atom is -0.485 e. The third-order valence-corrected chi connectivity index (χ3v) is 4.41. The van der Waals surface area contributed by atoms with Gasteiger partial charge in [0, 0.05) is 18.2 Å². The van der Waals surface area contributed by atoms with Crippen LogP contribution in [0.3, 0.4) is 0 Å². The number of aromatic nitrogens is 2. The Bertz CT molecular complexity index is 932. The van der Waals surface area contributed by atoms with Crippen LogP contribution < -0.4 is 10.1 Å². The third-order valence-electron chi connectivity index (χ3n) is 4.41. The molecule has 0 atom stereocenters. The highest BCUT2D eigenvalue weighted by Gasteiger charge is 2.12. The highest BCUT2D eigenvalue weighted by atomic mass is 16.5. The fourth-order valence-electron chi connectivity index (χ4n) is 3.10. The molecule has 1 aliphatic carbocycles. The van der Waals surface area contributed by atoms with Crippen LogP contribution in [0.15, 0.2) is 47.0 Å². The molecule has 0 aliphatic heterocycles. The molecule has 0 bridgehead atoms. The van der Waals surface area contributed by atoms with Crippen LogP contribution >= 0.6 is 0 Å². The van der Waals surface area contributed by atoms with E-state index in [-0.39, 0.29) is 12.5 Å². The van der Waals surface area contributed by atoms with Gasteiger partial charge in [-0.2, -0.15) is 4.98 Å². The maximum atomic E-state index is 12.4. The summed E-state index contributed by atoms with van der Waals surface area (Å²) in [6.45, 7) is 1.95. The molecule has 132 valence electrons. The van der Waals surface area contributed by atoms with E-state index in [1.54, 1.807) is 31.2 Å². The van der Waals surface area contributed by atoms with E-state index in [9.17, 15) is 4.79 Å². The van der Waals surface area contributed by atoms with Crippen LogP contribution in [0.1, 0.15) is 39.6 Å². The van der Waals surface area contributed by atoms with Gasteiger partial charge in [0.25, 0.3) is 5.91 Å². The van der Waals surface area contributed by atoms with Crippen LogP contribution in [0.25, 0.3) is 0 Å². The first kappa shape index (κ1) is 16.3. The summed E-state index contributed by atoms with van der Waals surface area (Å²) >= 11 is 0. The number of ether oxygens (including phenoxy) is 1. The lowest BCUT2D eigenvalue weighted by atomic mass is 10.1. The second kappa shape index (κ2) is 7.00. The number of hydrogen-bond donors (Lipinski definition) is 1. The van der Waals surface area contributed by atoms with E-state index in [0.717, 1.165) is 18.5 Å². The van der Waals surface area contributed by atoms with Crippen LogP contribution in [0.5, 0.6) is 5.75 Å². The molecule has 1 aliphatic rings. The predicted molar refractivity (Wildman–Crippen MR) is 96.2 cm³/mol. The zero-order valence-corrected chi connectivity index (χ0v) is 14.5. The van der Waals surface area contributed by atoms with Crippen molar-refractivity contribution >= 4 is 11.6 Å². The molecular weight excluding hydrogens is 330 g/mol. The van der Waals surface area contributed by atoms with Crippen molar-refractivity contribution in [2.75, 3.05) is 5.32 Å². The van der Waals surface area contributed by atoms with E-state index in [1.165, 1.54) is 17.5 Å². The molecule has 1 heterocycles. The van der Waals surface area contributed by atoms with Crippen LogP contribution in [0.4, 0.5) is 5.69 Å². The second-order valence-electron chi connectivity index (χ2n) is 6.33. The maximum absolute atomic E-state index is 12.4. The average molecular weight is 349 g/mol. The molecule has 1 aromatic heterocycles. The van der Waals surface area contributed by atoms with E-state index < -0.39 is 0 Å². The summed E-state index contributed by atoms with van der Waals surface area (Å²) in [4.78, 5) is 16.5. The number of anilines is 1. The number of fused-ring (bicyclic) bond motifs is 1. The molecule has 6 nitrogen and oxygen atoms in total. The van der Waals surface area contributed by atoms with Gasteiger partial charge in [-0.05, 0) is 66.8 Å². The van der Waals surface area contributed by atoms with Crippen molar-refractivity contribution in [3.63, 3.8) is 0 Å². The number of carbonyl (C=O) groups excluding carboxylic acids is 1. The normalized spacial score (nSPS) is 12.7. The van der Waals surface area contributed by atoms with Crippen LogP contribution in [-0.4, -0.2) is 16.0 Å². The van der Waals surface area contributed by atoms with Crippen molar-refractivity contribution < 1.29 is 14.1 Å². The number of hydrogen-bond acceptors (Lipinski definition) is 5. The number of rotatable bonds is 5. The smallest absolute Gasteiger partial charge is 0.255 e. The number of aryl methyl sites for hydroxylation is 3. The fraction of sp³-hybridized carbons (Fsp3) is 0.250. The molecule has 4 rings (SSSR count). The largest absolute Gasteiger partial charge is 0.485 e. The first-order valence-electron chi connectivity index (χ1n) is 8.62. The van der Waals surface area contributed by atoms with Crippen molar-refractivity contribution in [2.45, 2.75) is 32.8 Å². The summed E-state index contributed by atoms with van der Waals surface area (Å²) in [6.07, 6.45) is 3.41. The van der Waals surface area contributed by atoms with Gasteiger partial charge in [-0.3, -0.25) is 4.79 Å². The Morgan fingerprint density at radius 3 is 2.73 bits per heavy atom. The summed E-state index contributed by atoms with van der Waals surface area (Å²) in [5.41, 5.74) is 4.14. The predicted octanol–water partition coefficient (Wildman–Crippen LogP) is 3.70. The molecule has 0 radical (unpaired) electrons. The Labute approximate surface area is 151 Å². The lowest BCUT2D eigenvalue weighted by Gasteiger charge is -2.08. The zero-order valence-electron chi connectivity index (χ0n) is 14.5. The minimum atomic E-state index is -0.136. The van der Waals surface area contributed by atoms with Gasteiger partial charge in [0.05, 0.1) is 0 Å². The summed E-state index contributed by atoms with van der Waals surface area (Å²) in [5, 5.41) is 6.73. The maximum Gasteiger partial charge on any atom is 0.255 e. The molecule has 0 saturated heterocycles. The van der Waals surface area contributed by atoms with Crippen molar-refractivity contribution in [2.24, 2.45) is 0 Å². The summed E-state index contributed by atoms with van der Waals surface area (Å²) in [6, 6.07) is 13.1. The summed E-state index contributed by atoms with van der Waals surface area (Å²) in [5.74, 6) is 1.49. The topological polar surface area (TPSA) is 77.2 Å². The van der Waals surface area contributed by atoms with Gasteiger partial charge in [-0.15, -0.1) is 0 Å². The molecule has 3 aromatic rings. The van der Waals surface area contributed by atoms with Crippen molar-refractivity contribution in [1.82, 2.24) is 10.1 Å². The SMILES string of the molecule is Cc1nc(COc2ccc(C(=O)Nc3ccc4c(c3)CCC4)cc2)no1. The molecule has 0 spiro atoms. The Morgan fingerprint density at radius 1 is 1.15 bits per heavy atom. The second-order valence-corrected chi connectivity index (χ2v) is 6.33. The molecule has 1 N–H and O–H groups in total. The van der Waals surface area contributed by atoms with Gasteiger partial charge >= 0.3 is 0 Å². The van der Waals surface area contributed by atoms with Crippen molar-refractivity contribution in [1.29, 1.82) is 0 Å².